The van der Waals surface area contributed by atoms with Crippen LogP contribution in [-0.4, -0.2) is 11.9 Å². The van der Waals surface area contributed by atoms with Crippen LogP contribution in [0.3, 0.4) is 0 Å². The van der Waals surface area contributed by atoms with E-state index in [-0.39, 0.29) is 15.8 Å². The van der Waals surface area contributed by atoms with E-state index in [1.54, 1.807) is 24.3 Å². The summed E-state index contributed by atoms with van der Waals surface area (Å²) in [5.41, 5.74) is 3.33. The van der Waals surface area contributed by atoms with E-state index in [0.29, 0.717) is 16.9 Å². The minimum Gasteiger partial charge on any atom is -0.423 e. The van der Waals surface area contributed by atoms with Crippen molar-refractivity contribution in [3.63, 3.8) is 0 Å². The quantitative estimate of drug-likeness (QED) is 0.332. The number of rotatable bonds is 5. The van der Waals surface area contributed by atoms with Gasteiger partial charge in [-0.3, -0.25) is 0 Å². The number of ether oxygens (including phenoxy) is 2. The molecule has 26 heavy (non-hydrogen) atoms. The number of benzene rings is 2. The molecule has 0 saturated carbocycles. The molecule has 8 heteroatoms. The first kappa shape index (κ1) is 20.3. The van der Waals surface area contributed by atoms with E-state index in [1.165, 1.54) is 12.1 Å². The zero-order valence-electron chi connectivity index (χ0n) is 12.9. The van der Waals surface area contributed by atoms with Gasteiger partial charge in [-0.05, 0) is 17.7 Å². The summed E-state index contributed by atoms with van der Waals surface area (Å²) in [6.07, 6.45) is 2.14. The van der Waals surface area contributed by atoms with Gasteiger partial charge >= 0.3 is 11.9 Å². The van der Waals surface area contributed by atoms with Crippen molar-refractivity contribution in [1.82, 2.24) is 0 Å². The number of halogens is 4. The second-order valence-corrected chi connectivity index (χ2v) is 6.03. The van der Waals surface area contributed by atoms with Crippen LogP contribution in [0.25, 0.3) is 11.1 Å². The maximum Gasteiger partial charge on any atom is 0.337 e. The fraction of sp³-hybridized carbons (Fsp3) is 0. The molecule has 2 rings (SSSR count). The van der Waals surface area contributed by atoms with Crippen molar-refractivity contribution < 1.29 is 19.1 Å². The maximum absolute atomic E-state index is 11.4. The van der Waals surface area contributed by atoms with Crippen molar-refractivity contribution in [2.24, 2.45) is 0 Å². The molecule has 134 valence electrons. The second-order valence-electron chi connectivity index (χ2n) is 4.71. The molecule has 0 radical (unpaired) electrons. The third-order valence-electron chi connectivity index (χ3n) is 2.99. The van der Waals surface area contributed by atoms with Crippen molar-refractivity contribution in [2.75, 3.05) is 0 Å². The molecule has 2 aromatic carbocycles. The minimum atomic E-state index is -0.656. The summed E-state index contributed by atoms with van der Waals surface area (Å²) in [6.45, 7) is 0. The van der Waals surface area contributed by atoms with Crippen molar-refractivity contribution >= 4 is 58.3 Å². The average Bonchev–Trinajstić information content (AvgIpc) is 2.56. The first-order chi connectivity index (χ1) is 12.4. The number of hydrogen-bond acceptors (Lipinski definition) is 4. The summed E-state index contributed by atoms with van der Waals surface area (Å²) in [6, 6.07) is 9.45. The van der Waals surface area contributed by atoms with Crippen LogP contribution < -0.4 is 9.47 Å². The molecular formula is C18H10Cl4O4. The molecule has 0 heterocycles. The minimum absolute atomic E-state index is 0.182. The van der Waals surface area contributed by atoms with Crippen LogP contribution in [0.1, 0.15) is 0 Å². The zero-order valence-corrected chi connectivity index (χ0v) is 15.9. The Morgan fingerprint density at radius 1 is 0.769 bits per heavy atom. The van der Waals surface area contributed by atoms with Crippen LogP contribution >= 0.6 is 46.4 Å². The van der Waals surface area contributed by atoms with Gasteiger partial charge in [-0.25, -0.2) is 9.59 Å². The fourth-order valence-corrected chi connectivity index (χ4v) is 2.87. The fourth-order valence-electron chi connectivity index (χ4n) is 1.98. The van der Waals surface area contributed by atoms with E-state index in [0.717, 1.165) is 23.2 Å². The molecule has 0 saturated heterocycles. The number of carbonyl (C=O) groups is 2. The third-order valence-corrected chi connectivity index (χ3v) is 3.84. The molecule has 4 nitrogen and oxygen atoms in total. The molecule has 0 N–H and O–H groups in total. The zero-order chi connectivity index (χ0) is 19.1. The summed E-state index contributed by atoms with van der Waals surface area (Å²) in [4.78, 5) is 22.8. The highest BCUT2D eigenvalue weighted by Crippen LogP contribution is 2.38. The molecule has 0 amide bonds. The highest BCUT2D eigenvalue weighted by atomic mass is 35.5. The predicted molar refractivity (Wildman–Crippen MR) is 103 cm³/mol. The van der Waals surface area contributed by atoms with Gasteiger partial charge in [0.2, 0.25) is 0 Å². The van der Waals surface area contributed by atoms with Crippen molar-refractivity contribution in [2.45, 2.75) is 0 Å². The maximum atomic E-state index is 11.4. The van der Waals surface area contributed by atoms with Gasteiger partial charge in [0.05, 0.1) is 10.0 Å². The van der Waals surface area contributed by atoms with E-state index in [4.69, 9.17) is 55.9 Å². The van der Waals surface area contributed by atoms with Crippen LogP contribution in [0.2, 0.25) is 10.0 Å². The molecule has 0 unspecified atom stereocenters. The van der Waals surface area contributed by atoms with E-state index in [9.17, 15) is 9.59 Å². The van der Waals surface area contributed by atoms with Gasteiger partial charge in [-0.2, -0.15) is 0 Å². The smallest absolute Gasteiger partial charge is 0.337 e. The summed E-state index contributed by atoms with van der Waals surface area (Å²) < 4.78 is 10.1. The number of hydrogen-bond donors (Lipinski definition) is 0. The van der Waals surface area contributed by atoms with Gasteiger partial charge in [0, 0.05) is 40.9 Å². The van der Waals surface area contributed by atoms with E-state index in [1.807, 2.05) is 0 Å². The Morgan fingerprint density at radius 3 is 1.69 bits per heavy atom. The van der Waals surface area contributed by atoms with Crippen LogP contribution in [0.15, 0.2) is 59.6 Å². The summed E-state index contributed by atoms with van der Waals surface area (Å²) in [7, 11) is 0. The molecule has 0 aliphatic carbocycles. The van der Waals surface area contributed by atoms with Crippen LogP contribution in [0, 0.1) is 0 Å². The number of carbonyl (C=O) groups excluding carboxylic acids is 2. The molecule has 2 aromatic rings. The van der Waals surface area contributed by atoms with Gasteiger partial charge in [0.1, 0.15) is 11.5 Å². The third kappa shape index (κ3) is 5.51. The second kappa shape index (κ2) is 9.64. The van der Waals surface area contributed by atoms with Crippen molar-refractivity contribution in [3.8, 4) is 22.6 Å². The highest BCUT2D eigenvalue weighted by molar-refractivity contribution is 6.39. The monoisotopic (exact) mass is 430 g/mol. The molecule has 0 atom stereocenters. The van der Waals surface area contributed by atoms with Crippen LogP contribution in [0.4, 0.5) is 0 Å². The summed E-state index contributed by atoms with van der Waals surface area (Å²) in [5, 5.41) is 0.565. The van der Waals surface area contributed by atoms with Gasteiger partial charge in [0.25, 0.3) is 0 Å². The summed E-state index contributed by atoms with van der Waals surface area (Å²) >= 11 is 23.2. The summed E-state index contributed by atoms with van der Waals surface area (Å²) in [5.74, 6) is -0.737. The van der Waals surface area contributed by atoms with Gasteiger partial charge in [0.15, 0.2) is 0 Å². The lowest BCUT2D eigenvalue weighted by Gasteiger charge is -2.11. The molecular weight excluding hydrogens is 422 g/mol. The Balaban J connectivity index is 2.25. The van der Waals surface area contributed by atoms with Crippen molar-refractivity contribution in [3.05, 3.63) is 69.7 Å². The number of esters is 2. The predicted octanol–water partition coefficient (Wildman–Crippen LogP) is 5.98. The molecule has 0 spiro atoms. The first-order valence-corrected chi connectivity index (χ1v) is 8.64. The standard InChI is InChI=1S/C18H10Cl4O4/c19-7-5-16(23)25-12-3-1-11(2-4-12)18-14(21)9-13(10-15(18)22)26-17(24)6-8-20/h1-10H. The van der Waals surface area contributed by atoms with E-state index >= 15 is 0 Å². The Kier molecular flexibility index (Phi) is 7.54. The lowest BCUT2D eigenvalue weighted by Crippen LogP contribution is -2.03. The van der Waals surface area contributed by atoms with Crippen molar-refractivity contribution in [1.29, 1.82) is 0 Å². The lowest BCUT2D eigenvalue weighted by molar-refractivity contribution is -0.129. The first-order valence-electron chi connectivity index (χ1n) is 7.01. The normalized spacial score (nSPS) is 11.1. The topological polar surface area (TPSA) is 52.6 Å². The van der Waals surface area contributed by atoms with Gasteiger partial charge in [-0.15, -0.1) is 0 Å². The van der Waals surface area contributed by atoms with E-state index in [2.05, 4.69) is 0 Å². The molecule has 0 aliphatic heterocycles. The average molecular weight is 432 g/mol. The molecule has 0 bridgehead atoms. The Bertz CT molecular complexity index is 850. The molecule has 0 aromatic heterocycles. The van der Waals surface area contributed by atoms with E-state index < -0.39 is 11.9 Å². The Morgan fingerprint density at radius 2 is 1.23 bits per heavy atom. The SMILES string of the molecule is O=C(C=CCl)Oc1ccc(-c2c(Cl)cc(OC(=O)C=CCl)cc2Cl)cc1. The Labute approximate surface area is 169 Å². The molecule has 0 aliphatic rings. The largest absolute Gasteiger partial charge is 0.423 e. The lowest BCUT2D eigenvalue weighted by atomic mass is 10.1. The Hall–Kier alpha value is -1.98. The van der Waals surface area contributed by atoms with Crippen LogP contribution in [0.5, 0.6) is 11.5 Å². The molecule has 0 fully saturated rings. The van der Waals surface area contributed by atoms with Crippen LogP contribution in [-0.2, 0) is 9.59 Å². The van der Waals surface area contributed by atoms with Gasteiger partial charge < -0.3 is 9.47 Å². The van der Waals surface area contributed by atoms with Gasteiger partial charge in [-0.1, -0.05) is 58.5 Å². The highest BCUT2D eigenvalue weighted by Gasteiger charge is 2.13.